The van der Waals surface area contributed by atoms with Gasteiger partial charge >= 0.3 is 25.5 Å². The van der Waals surface area contributed by atoms with Crippen molar-refractivity contribution in [3.63, 3.8) is 0 Å². The molecular weight excluding hydrogens is 270 g/mol. The SMILES string of the molecule is COP(=O)(OC)C(=O)NC(=O)OCC(F)(F)F. The fourth-order valence-corrected chi connectivity index (χ4v) is 1.29. The van der Waals surface area contributed by atoms with Gasteiger partial charge < -0.3 is 13.8 Å². The van der Waals surface area contributed by atoms with E-state index in [-0.39, 0.29) is 0 Å². The van der Waals surface area contributed by atoms with E-state index in [1.54, 1.807) is 0 Å². The molecule has 0 aliphatic carbocycles. The molecule has 0 aromatic heterocycles. The predicted molar refractivity (Wildman–Crippen MR) is 47.6 cm³/mol. The van der Waals surface area contributed by atoms with Crippen molar-refractivity contribution in [2.75, 3.05) is 20.8 Å². The molecule has 0 aromatic rings. The van der Waals surface area contributed by atoms with Gasteiger partial charge in [-0.15, -0.1) is 0 Å². The van der Waals surface area contributed by atoms with Gasteiger partial charge in [0.15, 0.2) is 6.61 Å². The van der Waals surface area contributed by atoms with Crippen molar-refractivity contribution in [3.8, 4) is 0 Å². The van der Waals surface area contributed by atoms with E-state index in [9.17, 15) is 27.3 Å². The summed E-state index contributed by atoms with van der Waals surface area (Å²) in [5, 5.41) is 1.28. The summed E-state index contributed by atoms with van der Waals surface area (Å²) in [5.74, 6) is 0. The third-order valence-corrected chi connectivity index (χ3v) is 2.88. The summed E-state index contributed by atoms with van der Waals surface area (Å²) < 4.78 is 58.2. The fourth-order valence-electron chi connectivity index (χ4n) is 0.580. The Balaban J connectivity index is 4.31. The van der Waals surface area contributed by atoms with E-state index in [0.29, 0.717) is 0 Å². The van der Waals surface area contributed by atoms with Gasteiger partial charge in [0, 0.05) is 14.2 Å². The lowest BCUT2D eigenvalue weighted by atomic mass is 10.7. The van der Waals surface area contributed by atoms with Crippen LogP contribution in [0.5, 0.6) is 0 Å². The maximum atomic E-state index is 11.6. The summed E-state index contributed by atoms with van der Waals surface area (Å²) in [4.78, 5) is 21.7. The first-order valence-corrected chi connectivity index (χ1v) is 5.45. The van der Waals surface area contributed by atoms with Gasteiger partial charge in [-0.25, -0.2) is 9.36 Å². The lowest BCUT2D eigenvalue weighted by Gasteiger charge is -2.12. The van der Waals surface area contributed by atoms with E-state index in [1.165, 1.54) is 5.32 Å². The van der Waals surface area contributed by atoms with Crippen molar-refractivity contribution in [2.24, 2.45) is 0 Å². The molecule has 0 bridgehead atoms. The molecule has 0 spiro atoms. The number of imide groups is 1. The first-order chi connectivity index (χ1) is 7.64. The number of ether oxygens (including phenoxy) is 1. The lowest BCUT2D eigenvalue weighted by molar-refractivity contribution is -0.160. The van der Waals surface area contributed by atoms with Crippen molar-refractivity contribution >= 4 is 19.3 Å². The first kappa shape index (κ1) is 15.9. The van der Waals surface area contributed by atoms with Crippen molar-refractivity contribution < 1.29 is 41.1 Å². The molecule has 100 valence electrons. The number of hydrogen-bond acceptors (Lipinski definition) is 6. The fraction of sp³-hybridized carbons (Fsp3) is 0.667. The van der Waals surface area contributed by atoms with Gasteiger partial charge in [-0.3, -0.25) is 10.1 Å². The van der Waals surface area contributed by atoms with E-state index in [1.807, 2.05) is 0 Å². The van der Waals surface area contributed by atoms with Gasteiger partial charge in [0.1, 0.15) is 0 Å². The van der Waals surface area contributed by atoms with Crippen LogP contribution in [0, 0.1) is 0 Å². The smallest absolute Gasteiger partial charge is 0.422 e. The molecule has 0 unspecified atom stereocenters. The van der Waals surface area contributed by atoms with Gasteiger partial charge in [-0.05, 0) is 0 Å². The molecule has 0 heterocycles. The standard InChI is InChI=1S/C6H9F3NO6P/c1-14-17(13,15-2)5(12)10-4(11)16-3-6(7,8)9/h3H2,1-2H3,(H,10,11,12). The highest BCUT2D eigenvalue weighted by Gasteiger charge is 2.35. The van der Waals surface area contributed by atoms with E-state index in [0.717, 1.165) is 14.2 Å². The third-order valence-electron chi connectivity index (χ3n) is 1.31. The highest BCUT2D eigenvalue weighted by molar-refractivity contribution is 7.71. The molecule has 1 N–H and O–H groups in total. The molecule has 17 heavy (non-hydrogen) atoms. The number of carbonyl (C=O) groups excluding carboxylic acids is 2. The van der Waals surface area contributed by atoms with Gasteiger partial charge in [-0.2, -0.15) is 13.2 Å². The minimum atomic E-state index is -4.73. The summed E-state index contributed by atoms with van der Waals surface area (Å²) in [6.07, 6.45) is -6.44. The van der Waals surface area contributed by atoms with Crippen LogP contribution < -0.4 is 5.32 Å². The normalized spacial score (nSPS) is 12.1. The van der Waals surface area contributed by atoms with Crippen molar-refractivity contribution in [3.05, 3.63) is 0 Å². The molecule has 7 nitrogen and oxygen atoms in total. The number of rotatable bonds is 4. The number of amides is 2. The summed E-state index contributed by atoms with van der Waals surface area (Å²) in [6, 6.07) is 0. The zero-order valence-corrected chi connectivity index (χ0v) is 9.63. The third kappa shape index (κ3) is 5.66. The molecule has 2 amide bonds. The number of nitrogens with one attached hydrogen (secondary N) is 1. The number of carbonyl (C=O) groups is 2. The Morgan fingerprint density at radius 1 is 1.24 bits per heavy atom. The Morgan fingerprint density at radius 2 is 1.71 bits per heavy atom. The maximum Gasteiger partial charge on any atom is 0.422 e. The molecule has 0 saturated heterocycles. The topological polar surface area (TPSA) is 90.9 Å². The second-order valence-corrected chi connectivity index (χ2v) is 4.62. The zero-order valence-electron chi connectivity index (χ0n) is 8.74. The van der Waals surface area contributed by atoms with Gasteiger partial charge in [0.05, 0.1) is 0 Å². The van der Waals surface area contributed by atoms with Gasteiger partial charge in [0.2, 0.25) is 0 Å². The summed E-state index contributed by atoms with van der Waals surface area (Å²) in [6.45, 7) is -1.88. The van der Waals surface area contributed by atoms with Crippen LogP contribution in [0.1, 0.15) is 0 Å². The van der Waals surface area contributed by atoms with Gasteiger partial charge in [0.25, 0.3) is 0 Å². The van der Waals surface area contributed by atoms with Crippen LogP contribution in [0.4, 0.5) is 22.8 Å². The van der Waals surface area contributed by atoms with Crippen LogP contribution in [0.25, 0.3) is 0 Å². The average molecular weight is 279 g/mol. The van der Waals surface area contributed by atoms with E-state index in [2.05, 4.69) is 13.8 Å². The highest BCUT2D eigenvalue weighted by atomic mass is 31.2. The second kappa shape index (κ2) is 5.99. The van der Waals surface area contributed by atoms with E-state index in [4.69, 9.17) is 0 Å². The van der Waals surface area contributed by atoms with Crippen LogP contribution in [-0.2, 0) is 18.3 Å². The minimum Gasteiger partial charge on any atom is -0.440 e. The van der Waals surface area contributed by atoms with Gasteiger partial charge in [-0.1, -0.05) is 0 Å². The summed E-state index contributed by atoms with van der Waals surface area (Å²) in [7, 11) is -2.49. The van der Waals surface area contributed by atoms with Crippen molar-refractivity contribution in [2.45, 2.75) is 6.18 Å². The van der Waals surface area contributed by atoms with Crippen molar-refractivity contribution in [1.82, 2.24) is 5.32 Å². The molecule has 0 saturated carbocycles. The molecule has 0 rings (SSSR count). The zero-order chi connectivity index (χ0) is 13.7. The van der Waals surface area contributed by atoms with Crippen LogP contribution >= 0.6 is 7.60 Å². The Labute approximate surface area is 93.7 Å². The number of halogens is 3. The molecule has 11 heteroatoms. The predicted octanol–water partition coefficient (Wildman–Crippen LogP) is 1.88. The summed E-state index contributed by atoms with van der Waals surface area (Å²) in [5.41, 5.74) is -1.52. The Bertz CT molecular complexity index is 335. The quantitative estimate of drug-likeness (QED) is 0.790. The largest absolute Gasteiger partial charge is 0.440 e. The summed E-state index contributed by atoms with van der Waals surface area (Å²) >= 11 is 0. The van der Waals surface area contributed by atoms with E-state index >= 15 is 0 Å². The molecule has 0 atom stereocenters. The maximum absolute atomic E-state index is 11.6. The molecular formula is C6H9F3NO6P. The van der Waals surface area contributed by atoms with Crippen molar-refractivity contribution in [1.29, 1.82) is 0 Å². The Morgan fingerprint density at radius 3 is 2.06 bits per heavy atom. The molecule has 0 fully saturated rings. The second-order valence-electron chi connectivity index (χ2n) is 2.48. The highest BCUT2D eigenvalue weighted by Crippen LogP contribution is 2.46. The average Bonchev–Trinajstić information content (AvgIpc) is 2.24. The number of hydrogen-bond donors (Lipinski definition) is 1. The number of alkyl carbamates (subject to hydrolysis) is 1. The Hall–Kier alpha value is -1.12. The van der Waals surface area contributed by atoms with E-state index < -0.39 is 32.1 Å². The van der Waals surface area contributed by atoms with Crippen LogP contribution in [0.15, 0.2) is 0 Å². The minimum absolute atomic E-state index is 0.866. The monoisotopic (exact) mass is 279 g/mol. The van der Waals surface area contributed by atoms with Crippen LogP contribution in [0.3, 0.4) is 0 Å². The lowest BCUT2D eigenvalue weighted by Crippen LogP contribution is -2.33. The van der Waals surface area contributed by atoms with Crippen LogP contribution in [0.2, 0.25) is 0 Å². The Kier molecular flexibility index (Phi) is 5.59. The molecule has 0 radical (unpaired) electrons. The molecule has 0 aliphatic heterocycles. The first-order valence-electron chi connectivity index (χ1n) is 3.91. The molecule has 0 aliphatic rings. The van der Waals surface area contributed by atoms with Crippen LogP contribution in [-0.4, -0.2) is 38.7 Å². The number of alkyl halides is 3. The molecule has 0 aromatic carbocycles.